The van der Waals surface area contributed by atoms with E-state index in [9.17, 15) is 0 Å². The molecule has 2 heteroatoms. The minimum absolute atomic E-state index is 0.824. The average molecular weight is 178 g/mol. The Balaban J connectivity index is 3.16. The molecule has 0 amide bonds. The summed E-state index contributed by atoms with van der Waals surface area (Å²) >= 11 is 0. The highest BCUT2D eigenvalue weighted by Crippen LogP contribution is 2.29. The molecule has 0 aromatic heterocycles. The summed E-state index contributed by atoms with van der Waals surface area (Å²) in [5.41, 5.74) is 0. The second-order valence-electron chi connectivity index (χ2n) is 2.94. The Labute approximate surface area is 72.9 Å². The average Bonchev–Trinajstić information content (AvgIpc) is 1.82. The highest BCUT2D eigenvalue weighted by Gasteiger charge is 2.04. The molecule has 0 heterocycles. The van der Waals surface area contributed by atoms with E-state index >= 15 is 0 Å². The molecule has 0 radical (unpaired) electrons. The summed E-state index contributed by atoms with van der Waals surface area (Å²) < 4.78 is 0. The van der Waals surface area contributed by atoms with Gasteiger partial charge < -0.3 is 0 Å². The summed E-state index contributed by atoms with van der Waals surface area (Å²) in [5, 5.41) is 0.824. The van der Waals surface area contributed by atoms with Crippen molar-refractivity contribution in [2.24, 2.45) is 5.92 Å². The number of hydrogen-bond donors (Lipinski definition) is 0. The van der Waals surface area contributed by atoms with Gasteiger partial charge in [-0.25, -0.2) is 0 Å². The SMILES string of the molecule is CCSSC(C)CC(C)C. The van der Waals surface area contributed by atoms with Crippen LogP contribution in [0.3, 0.4) is 0 Å². The normalized spacial score (nSPS) is 14.1. The van der Waals surface area contributed by atoms with Gasteiger partial charge in [0.15, 0.2) is 0 Å². The Morgan fingerprint density at radius 3 is 2.20 bits per heavy atom. The van der Waals surface area contributed by atoms with Crippen molar-refractivity contribution < 1.29 is 0 Å². The van der Waals surface area contributed by atoms with E-state index in [1.54, 1.807) is 0 Å². The lowest BCUT2D eigenvalue weighted by atomic mass is 10.1. The monoisotopic (exact) mass is 178 g/mol. The van der Waals surface area contributed by atoms with Gasteiger partial charge in [0.2, 0.25) is 0 Å². The van der Waals surface area contributed by atoms with Gasteiger partial charge >= 0.3 is 0 Å². The number of hydrogen-bond acceptors (Lipinski definition) is 2. The smallest absolute Gasteiger partial charge is 0.0125 e. The first-order chi connectivity index (χ1) is 4.66. The van der Waals surface area contributed by atoms with E-state index in [2.05, 4.69) is 27.7 Å². The molecular weight excluding hydrogens is 160 g/mol. The van der Waals surface area contributed by atoms with Crippen molar-refractivity contribution in [3.63, 3.8) is 0 Å². The molecule has 0 aliphatic rings. The van der Waals surface area contributed by atoms with E-state index in [0.717, 1.165) is 11.2 Å². The maximum Gasteiger partial charge on any atom is 0.0125 e. The maximum atomic E-state index is 2.31. The summed E-state index contributed by atoms with van der Waals surface area (Å²) in [7, 11) is 4.00. The van der Waals surface area contributed by atoms with E-state index in [1.165, 1.54) is 12.2 Å². The van der Waals surface area contributed by atoms with Crippen molar-refractivity contribution >= 4 is 21.6 Å². The summed E-state index contributed by atoms with van der Waals surface area (Å²) in [5.74, 6) is 2.08. The molecule has 0 fully saturated rings. The van der Waals surface area contributed by atoms with E-state index in [4.69, 9.17) is 0 Å². The van der Waals surface area contributed by atoms with Gasteiger partial charge in [-0.3, -0.25) is 0 Å². The van der Waals surface area contributed by atoms with Gasteiger partial charge in [0, 0.05) is 11.0 Å². The topological polar surface area (TPSA) is 0 Å². The van der Waals surface area contributed by atoms with Crippen molar-refractivity contribution in [1.82, 2.24) is 0 Å². The van der Waals surface area contributed by atoms with E-state index in [-0.39, 0.29) is 0 Å². The zero-order valence-electron chi connectivity index (χ0n) is 7.39. The fourth-order valence-corrected chi connectivity index (χ4v) is 3.06. The maximum absolute atomic E-state index is 2.31. The predicted molar refractivity (Wildman–Crippen MR) is 54.6 cm³/mol. The zero-order chi connectivity index (χ0) is 7.98. The molecule has 0 saturated carbocycles. The van der Waals surface area contributed by atoms with Crippen LogP contribution in [0.1, 0.15) is 34.1 Å². The second-order valence-corrected chi connectivity index (χ2v) is 6.04. The highest BCUT2D eigenvalue weighted by molar-refractivity contribution is 8.76. The molecule has 0 aliphatic carbocycles. The minimum Gasteiger partial charge on any atom is -0.0942 e. The molecule has 0 saturated heterocycles. The van der Waals surface area contributed by atoms with Crippen molar-refractivity contribution in [3.05, 3.63) is 0 Å². The fourth-order valence-electron chi connectivity index (χ4n) is 0.887. The van der Waals surface area contributed by atoms with E-state index in [1.807, 2.05) is 21.6 Å². The van der Waals surface area contributed by atoms with Gasteiger partial charge in [0.1, 0.15) is 0 Å². The van der Waals surface area contributed by atoms with Crippen LogP contribution in [0.5, 0.6) is 0 Å². The van der Waals surface area contributed by atoms with Crippen LogP contribution in [0.25, 0.3) is 0 Å². The van der Waals surface area contributed by atoms with Crippen LogP contribution < -0.4 is 0 Å². The third kappa shape index (κ3) is 6.81. The van der Waals surface area contributed by atoms with Crippen molar-refractivity contribution in [1.29, 1.82) is 0 Å². The lowest BCUT2D eigenvalue weighted by molar-refractivity contribution is 0.586. The Morgan fingerprint density at radius 1 is 1.20 bits per heavy atom. The van der Waals surface area contributed by atoms with Gasteiger partial charge in [-0.05, 0) is 12.3 Å². The van der Waals surface area contributed by atoms with Crippen molar-refractivity contribution in [2.75, 3.05) is 5.75 Å². The Morgan fingerprint density at radius 2 is 1.80 bits per heavy atom. The molecule has 10 heavy (non-hydrogen) atoms. The lowest BCUT2D eigenvalue weighted by Crippen LogP contribution is -1.99. The van der Waals surface area contributed by atoms with Crippen LogP contribution in [0.4, 0.5) is 0 Å². The second kappa shape index (κ2) is 6.41. The van der Waals surface area contributed by atoms with Gasteiger partial charge in [-0.1, -0.05) is 49.3 Å². The summed E-state index contributed by atoms with van der Waals surface area (Å²) in [6, 6.07) is 0. The quantitative estimate of drug-likeness (QED) is 0.587. The first kappa shape index (κ1) is 10.7. The minimum atomic E-state index is 0.824. The Bertz CT molecular complexity index is 71.7. The molecule has 0 aromatic carbocycles. The van der Waals surface area contributed by atoms with Gasteiger partial charge in [0.25, 0.3) is 0 Å². The summed E-state index contributed by atoms with van der Waals surface area (Å²) in [6.07, 6.45) is 1.34. The third-order valence-electron chi connectivity index (χ3n) is 1.15. The van der Waals surface area contributed by atoms with Crippen LogP contribution in [-0.4, -0.2) is 11.0 Å². The molecule has 0 aromatic rings. The first-order valence-electron chi connectivity index (χ1n) is 3.95. The Hall–Kier alpha value is 0.700. The summed E-state index contributed by atoms with van der Waals surface area (Å²) in [6.45, 7) is 9.09. The van der Waals surface area contributed by atoms with E-state index in [0.29, 0.717) is 0 Å². The molecule has 0 rings (SSSR count). The molecule has 1 atom stereocenters. The largest absolute Gasteiger partial charge is 0.0942 e. The van der Waals surface area contributed by atoms with Crippen LogP contribution in [0.2, 0.25) is 0 Å². The van der Waals surface area contributed by atoms with Crippen LogP contribution >= 0.6 is 21.6 Å². The molecule has 0 nitrogen and oxygen atoms in total. The molecule has 0 bridgehead atoms. The van der Waals surface area contributed by atoms with Crippen LogP contribution in [0.15, 0.2) is 0 Å². The highest BCUT2D eigenvalue weighted by atomic mass is 33.1. The van der Waals surface area contributed by atoms with Gasteiger partial charge in [-0.15, -0.1) is 0 Å². The van der Waals surface area contributed by atoms with Crippen LogP contribution in [0, 0.1) is 5.92 Å². The molecule has 0 N–H and O–H groups in total. The summed E-state index contributed by atoms with van der Waals surface area (Å²) in [4.78, 5) is 0. The van der Waals surface area contributed by atoms with Crippen LogP contribution in [-0.2, 0) is 0 Å². The van der Waals surface area contributed by atoms with E-state index < -0.39 is 0 Å². The first-order valence-corrected chi connectivity index (χ1v) is 6.33. The molecular formula is C8H18S2. The zero-order valence-corrected chi connectivity index (χ0v) is 9.02. The molecule has 0 aliphatic heterocycles. The molecule has 1 unspecified atom stereocenters. The number of rotatable bonds is 5. The molecule has 0 spiro atoms. The van der Waals surface area contributed by atoms with Crippen molar-refractivity contribution in [2.45, 2.75) is 39.4 Å². The third-order valence-corrected chi connectivity index (χ3v) is 4.15. The van der Waals surface area contributed by atoms with Gasteiger partial charge in [-0.2, -0.15) is 0 Å². The fraction of sp³-hybridized carbons (Fsp3) is 1.00. The Kier molecular flexibility index (Phi) is 6.86. The standard InChI is InChI=1S/C8H18S2/c1-5-9-10-8(4)6-7(2)3/h7-8H,5-6H2,1-4H3. The predicted octanol–water partition coefficient (Wildman–Crippen LogP) is 3.82. The molecule has 62 valence electrons. The lowest BCUT2D eigenvalue weighted by Gasteiger charge is -2.11. The van der Waals surface area contributed by atoms with Crippen molar-refractivity contribution in [3.8, 4) is 0 Å². The van der Waals surface area contributed by atoms with Gasteiger partial charge in [0.05, 0.1) is 0 Å².